The number of carbonyl (C=O) groups excluding carboxylic acids is 2. The number of amides is 2. The molecule has 0 saturated heterocycles. The average Bonchev–Trinajstić information content (AvgIpc) is 2.68. The van der Waals surface area contributed by atoms with E-state index in [1.165, 1.54) is 23.9 Å². The van der Waals surface area contributed by atoms with Crippen molar-refractivity contribution < 1.29 is 14.0 Å². The molecule has 4 nitrogen and oxygen atoms in total. The van der Waals surface area contributed by atoms with E-state index in [-0.39, 0.29) is 29.9 Å². The van der Waals surface area contributed by atoms with Crippen LogP contribution in [-0.4, -0.2) is 34.0 Å². The van der Waals surface area contributed by atoms with Crippen LogP contribution in [-0.2, 0) is 21.9 Å². The Morgan fingerprint density at radius 3 is 2.23 bits per heavy atom. The predicted molar refractivity (Wildman–Crippen MR) is 122 cm³/mol. The maximum absolute atomic E-state index is 13.3. The molecule has 2 aromatic rings. The molecule has 0 aliphatic heterocycles. The van der Waals surface area contributed by atoms with E-state index in [2.05, 4.69) is 5.32 Å². The summed E-state index contributed by atoms with van der Waals surface area (Å²) in [7, 11) is 0. The highest BCUT2D eigenvalue weighted by Gasteiger charge is 2.30. The average molecular weight is 431 g/mol. The smallest absolute Gasteiger partial charge is 0.243 e. The Hall–Kier alpha value is -2.34. The minimum absolute atomic E-state index is 0.101. The van der Waals surface area contributed by atoms with Crippen LogP contribution in [0.15, 0.2) is 54.6 Å². The van der Waals surface area contributed by atoms with E-state index < -0.39 is 11.6 Å². The third-order valence-corrected chi connectivity index (χ3v) is 5.48. The summed E-state index contributed by atoms with van der Waals surface area (Å²) in [5, 5.41) is 2.98. The number of thioether (sulfide) groups is 1. The molecule has 0 aliphatic carbocycles. The molecule has 0 spiro atoms. The van der Waals surface area contributed by atoms with Crippen molar-refractivity contribution in [2.24, 2.45) is 0 Å². The number of carbonyl (C=O) groups is 2. The van der Waals surface area contributed by atoms with Gasteiger partial charge in [-0.15, -0.1) is 11.8 Å². The van der Waals surface area contributed by atoms with Gasteiger partial charge >= 0.3 is 0 Å². The Morgan fingerprint density at radius 1 is 1.03 bits per heavy atom. The number of halogens is 1. The zero-order valence-corrected chi connectivity index (χ0v) is 19.0. The lowest BCUT2D eigenvalue weighted by molar-refractivity contribution is -0.140. The van der Waals surface area contributed by atoms with Crippen molar-refractivity contribution in [2.75, 3.05) is 5.75 Å². The Morgan fingerprint density at radius 2 is 1.67 bits per heavy atom. The van der Waals surface area contributed by atoms with Crippen molar-refractivity contribution >= 4 is 23.6 Å². The summed E-state index contributed by atoms with van der Waals surface area (Å²) in [5.41, 5.74) is 1.55. The van der Waals surface area contributed by atoms with Gasteiger partial charge in [-0.25, -0.2) is 4.39 Å². The van der Waals surface area contributed by atoms with Gasteiger partial charge in [0.2, 0.25) is 11.8 Å². The minimum Gasteiger partial charge on any atom is -0.350 e. The summed E-state index contributed by atoms with van der Waals surface area (Å²) in [5.74, 6) is 0.398. The number of rotatable bonds is 9. The van der Waals surface area contributed by atoms with Gasteiger partial charge in [0.1, 0.15) is 11.9 Å². The third-order valence-electron chi connectivity index (χ3n) is 4.49. The molecular weight excluding hydrogens is 399 g/mol. The van der Waals surface area contributed by atoms with Gasteiger partial charge in [0.25, 0.3) is 0 Å². The summed E-state index contributed by atoms with van der Waals surface area (Å²) >= 11 is 1.53. The molecule has 1 atom stereocenters. The van der Waals surface area contributed by atoms with Gasteiger partial charge in [-0.3, -0.25) is 9.59 Å². The fourth-order valence-corrected chi connectivity index (χ4v) is 3.94. The van der Waals surface area contributed by atoms with Crippen LogP contribution in [0, 0.1) is 5.82 Å². The van der Waals surface area contributed by atoms with E-state index in [0.717, 1.165) is 16.9 Å². The number of hydrogen-bond donors (Lipinski definition) is 1. The largest absolute Gasteiger partial charge is 0.350 e. The number of nitrogens with one attached hydrogen (secondary N) is 1. The summed E-state index contributed by atoms with van der Waals surface area (Å²) in [6, 6.07) is 15.4. The fourth-order valence-electron chi connectivity index (χ4n) is 3.07. The molecule has 0 bridgehead atoms. The quantitative estimate of drug-likeness (QED) is 0.623. The van der Waals surface area contributed by atoms with E-state index in [1.807, 2.05) is 58.0 Å². The van der Waals surface area contributed by atoms with E-state index in [0.29, 0.717) is 6.42 Å². The van der Waals surface area contributed by atoms with Crippen molar-refractivity contribution in [3.05, 3.63) is 71.5 Å². The summed E-state index contributed by atoms with van der Waals surface area (Å²) in [6.07, 6.45) is 0.498. The van der Waals surface area contributed by atoms with E-state index in [4.69, 9.17) is 0 Å². The van der Waals surface area contributed by atoms with Crippen molar-refractivity contribution in [2.45, 2.75) is 58.0 Å². The Balaban J connectivity index is 2.14. The topological polar surface area (TPSA) is 49.4 Å². The standard InChI is InChI=1S/C24H31FN2O2S/c1-5-21(23(29)26-24(2,3)4)27(15-18-11-13-20(25)14-12-18)22(28)17-30-16-19-9-7-6-8-10-19/h6-14,21H,5,15-17H2,1-4H3,(H,26,29)/t21-/m0/s1. The molecule has 0 aliphatic rings. The second-order valence-electron chi connectivity index (χ2n) is 8.29. The molecule has 162 valence electrons. The van der Waals surface area contributed by atoms with Gasteiger partial charge in [-0.1, -0.05) is 49.4 Å². The molecule has 30 heavy (non-hydrogen) atoms. The first-order chi connectivity index (χ1) is 14.2. The highest BCUT2D eigenvalue weighted by Crippen LogP contribution is 2.18. The van der Waals surface area contributed by atoms with Crippen LogP contribution in [0.25, 0.3) is 0 Å². The molecule has 0 saturated carbocycles. The van der Waals surface area contributed by atoms with Crippen LogP contribution >= 0.6 is 11.8 Å². The molecule has 6 heteroatoms. The molecular formula is C24H31FN2O2S. The number of nitrogens with zero attached hydrogens (tertiary/aromatic N) is 1. The van der Waals surface area contributed by atoms with Crippen LogP contribution in [0.5, 0.6) is 0 Å². The molecule has 0 aromatic heterocycles. The van der Waals surface area contributed by atoms with Crippen molar-refractivity contribution in [1.82, 2.24) is 10.2 Å². The van der Waals surface area contributed by atoms with E-state index in [1.54, 1.807) is 17.0 Å². The third kappa shape index (κ3) is 7.82. The normalized spacial score (nSPS) is 12.3. The first kappa shape index (κ1) is 23.9. The highest BCUT2D eigenvalue weighted by molar-refractivity contribution is 7.99. The van der Waals surface area contributed by atoms with Crippen LogP contribution in [0.1, 0.15) is 45.2 Å². The molecule has 0 radical (unpaired) electrons. The molecule has 0 heterocycles. The SMILES string of the molecule is CC[C@@H](C(=O)NC(C)(C)C)N(Cc1ccc(F)cc1)C(=O)CSCc1ccccc1. The second kappa shape index (κ2) is 11.2. The molecule has 2 rings (SSSR count). The van der Waals surface area contributed by atoms with E-state index in [9.17, 15) is 14.0 Å². The van der Waals surface area contributed by atoms with Gasteiger partial charge in [0, 0.05) is 17.8 Å². The summed E-state index contributed by atoms with van der Waals surface area (Å²) in [6.45, 7) is 7.91. The van der Waals surface area contributed by atoms with Crippen molar-refractivity contribution in [1.29, 1.82) is 0 Å². The Bertz CT molecular complexity index is 819. The first-order valence-corrected chi connectivity index (χ1v) is 11.3. The minimum atomic E-state index is -0.584. The first-order valence-electron chi connectivity index (χ1n) is 10.2. The second-order valence-corrected chi connectivity index (χ2v) is 9.28. The van der Waals surface area contributed by atoms with Gasteiger partial charge in [0.05, 0.1) is 5.75 Å². The maximum atomic E-state index is 13.3. The Labute approximate surface area is 183 Å². The van der Waals surface area contributed by atoms with Gasteiger partial charge in [-0.2, -0.15) is 0 Å². The zero-order valence-electron chi connectivity index (χ0n) is 18.2. The number of hydrogen-bond acceptors (Lipinski definition) is 3. The van der Waals surface area contributed by atoms with Crippen molar-refractivity contribution in [3.8, 4) is 0 Å². The molecule has 2 amide bonds. The molecule has 0 unspecified atom stereocenters. The van der Waals surface area contributed by atoms with Crippen LogP contribution < -0.4 is 5.32 Å². The lowest BCUT2D eigenvalue weighted by Gasteiger charge is -2.33. The van der Waals surface area contributed by atoms with E-state index >= 15 is 0 Å². The fraction of sp³-hybridized carbons (Fsp3) is 0.417. The summed E-state index contributed by atoms with van der Waals surface area (Å²) in [4.78, 5) is 27.6. The van der Waals surface area contributed by atoms with Crippen LogP contribution in [0.3, 0.4) is 0 Å². The van der Waals surface area contributed by atoms with Crippen LogP contribution in [0.2, 0.25) is 0 Å². The number of benzene rings is 2. The Kier molecular flexibility index (Phi) is 8.90. The molecule has 1 N–H and O–H groups in total. The van der Waals surface area contributed by atoms with Crippen LogP contribution in [0.4, 0.5) is 4.39 Å². The van der Waals surface area contributed by atoms with Crippen molar-refractivity contribution in [3.63, 3.8) is 0 Å². The zero-order chi connectivity index (χ0) is 22.1. The molecule has 2 aromatic carbocycles. The predicted octanol–water partition coefficient (Wildman–Crippen LogP) is 4.78. The lowest BCUT2D eigenvalue weighted by Crippen LogP contribution is -2.53. The summed E-state index contributed by atoms with van der Waals surface area (Å²) < 4.78 is 13.3. The van der Waals surface area contributed by atoms with Gasteiger partial charge in [-0.05, 0) is 50.5 Å². The highest BCUT2D eigenvalue weighted by atomic mass is 32.2. The monoisotopic (exact) mass is 430 g/mol. The lowest BCUT2D eigenvalue weighted by atomic mass is 10.1. The molecule has 0 fully saturated rings. The maximum Gasteiger partial charge on any atom is 0.243 e. The van der Waals surface area contributed by atoms with Gasteiger partial charge < -0.3 is 10.2 Å². The van der Waals surface area contributed by atoms with Gasteiger partial charge in [0.15, 0.2) is 0 Å².